The predicted molar refractivity (Wildman–Crippen MR) is 228 cm³/mol. The Kier molecular flexibility index (Phi) is 9.38. The van der Waals surface area contributed by atoms with E-state index in [0.717, 1.165) is 61.3 Å². The van der Waals surface area contributed by atoms with E-state index < -0.39 is 0 Å². The van der Waals surface area contributed by atoms with Crippen molar-refractivity contribution in [2.75, 3.05) is 4.90 Å². The van der Waals surface area contributed by atoms with E-state index in [-0.39, 0.29) is 16.6 Å². The number of hydrogen-bond donors (Lipinski definition) is 1. The Balaban J connectivity index is 1.34. The van der Waals surface area contributed by atoms with Gasteiger partial charge in [0.1, 0.15) is 11.6 Å². The second-order valence-electron chi connectivity index (χ2n) is 16.1. The Morgan fingerprint density at radius 1 is 0.518 bits per heavy atom. The maximum atomic E-state index is 11.9. The smallest absolute Gasteiger partial charge is 0.167 e. The molecule has 0 aliphatic heterocycles. The van der Waals surface area contributed by atoms with Crippen LogP contribution in [0.2, 0.25) is 0 Å². The van der Waals surface area contributed by atoms with E-state index in [2.05, 4.69) is 118 Å². The summed E-state index contributed by atoms with van der Waals surface area (Å²) < 4.78 is 0. The number of rotatable bonds is 7. The number of phenols is 1. The third-order valence-corrected chi connectivity index (χ3v) is 10.1. The van der Waals surface area contributed by atoms with Crippen molar-refractivity contribution in [1.82, 2.24) is 24.9 Å². The Labute approximate surface area is 328 Å². The highest BCUT2D eigenvalue weighted by Crippen LogP contribution is 2.43. The van der Waals surface area contributed by atoms with E-state index in [1.807, 2.05) is 72.9 Å². The number of hydrogen-bond acceptors (Lipinski definition) is 7. The fraction of sp³-hybridized carbons (Fsp3) is 0.163. The zero-order valence-corrected chi connectivity index (χ0v) is 32.6. The summed E-state index contributed by atoms with van der Waals surface area (Å²) in [7, 11) is 0. The molecule has 8 aromatic rings. The average molecular weight is 733 g/mol. The van der Waals surface area contributed by atoms with Crippen LogP contribution in [0.1, 0.15) is 52.7 Å². The van der Waals surface area contributed by atoms with Gasteiger partial charge in [-0.25, -0.2) is 19.9 Å². The maximum Gasteiger partial charge on any atom is 0.167 e. The Morgan fingerprint density at radius 3 is 1.91 bits per heavy atom. The van der Waals surface area contributed by atoms with Crippen molar-refractivity contribution in [3.8, 4) is 51.0 Å². The van der Waals surface area contributed by atoms with E-state index >= 15 is 0 Å². The quantitative estimate of drug-likeness (QED) is 0.174. The summed E-state index contributed by atoms with van der Waals surface area (Å²) in [5, 5.41) is 14.1. The van der Waals surface area contributed by atoms with Crippen molar-refractivity contribution >= 4 is 28.0 Å². The maximum absolute atomic E-state index is 11.9. The van der Waals surface area contributed by atoms with Crippen molar-refractivity contribution in [3.63, 3.8) is 0 Å². The molecule has 0 fully saturated rings. The largest absolute Gasteiger partial charge is 0.507 e. The van der Waals surface area contributed by atoms with Crippen molar-refractivity contribution in [1.29, 1.82) is 0 Å². The van der Waals surface area contributed by atoms with E-state index in [1.54, 1.807) is 12.4 Å². The lowest BCUT2D eigenvalue weighted by molar-refractivity contribution is 0.446. The molecule has 0 saturated heterocycles. The number of nitrogens with zero attached hydrogens (tertiary/aromatic N) is 6. The van der Waals surface area contributed by atoms with Gasteiger partial charge in [-0.05, 0) is 81.4 Å². The molecule has 0 radical (unpaired) electrons. The lowest BCUT2D eigenvalue weighted by atomic mass is 9.79. The molecule has 0 amide bonds. The van der Waals surface area contributed by atoms with E-state index in [9.17, 15) is 5.11 Å². The molecule has 5 aromatic carbocycles. The molecule has 0 spiro atoms. The number of anilines is 3. The van der Waals surface area contributed by atoms with E-state index in [4.69, 9.17) is 19.9 Å². The van der Waals surface area contributed by atoms with Gasteiger partial charge in [0.15, 0.2) is 17.5 Å². The normalized spacial score (nSPS) is 11.8. The molecule has 1 N–H and O–H groups in total. The first-order valence-electron chi connectivity index (χ1n) is 18.9. The number of aromatic nitrogens is 5. The first-order valence-corrected chi connectivity index (χ1v) is 18.9. The lowest BCUT2D eigenvalue weighted by Crippen LogP contribution is -2.17. The van der Waals surface area contributed by atoms with Gasteiger partial charge in [-0.3, -0.25) is 9.88 Å². The molecule has 8 rings (SSSR count). The van der Waals surface area contributed by atoms with Gasteiger partial charge in [0, 0.05) is 46.4 Å². The standard InChI is InChI=1S/C49H44N6O/c1-48(2,3)37-30-40(44(56)41(31-37)49(4,5)6)47-53-45(34-15-8-7-9-16-34)52-46(54-47)36-18-12-19-38(28-36)55(42-21-13-17-33-14-10-11-20-39(33)42)43-29-35(24-27-51-43)32-22-25-50-26-23-32/h7-31,56H,1-6H3. The molecule has 0 atom stereocenters. The summed E-state index contributed by atoms with van der Waals surface area (Å²) in [5.74, 6) is 2.35. The Morgan fingerprint density at radius 2 is 1.16 bits per heavy atom. The molecule has 0 aliphatic rings. The van der Waals surface area contributed by atoms with Gasteiger partial charge in [0.25, 0.3) is 0 Å². The van der Waals surface area contributed by atoms with Crippen molar-refractivity contribution in [2.24, 2.45) is 0 Å². The SMILES string of the molecule is CC(C)(C)c1cc(-c2nc(-c3ccccc3)nc(-c3cccc(N(c4cc(-c5ccncc5)ccn4)c4cccc5ccccc45)c3)n2)c(O)c(C(C)(C)C)c1. The summed E-state index contributed by atoms with van der Waals surface area (Å²) in [6, 6.07) is 45.1. The van der Waals surface area contributed by atoms with Gasteiger partial charge in [0.2, 0.25) is 0 Å². The topological polar surface area (TPSA) is 87.9 Å². The summed E-state index contributed by atoms with van der Waals surface area (Å²) >= 11 is 0. The van der Waals surface area contributed by atoms with Crippen LogP contribution in [0.3, 0.4) is 0 Å². The monoisotopic (exact) mass is 732 g/mol. The number of aromatic hydroxyl groups is 1. The second kappa shape index (κ2) is 14.5. The van der Waals surface area contributed by atoms with Crippen LogP contribution in [-0.2, 0) is 10.8 Å². The van der Waals surface area contributed by atoms with Gasteiger partial charge in [0.05, 0.1) is 11.3 Å². The zero-order chi connectivity index (χ0) is 39.0. The van der Waals surface area contributed by atoms with Crippen LogP contribution >= 0.6 is 0 Å². The molecule has 0 aliphatic carbocycles. The summed E-state index contributed by atoms with van der Waals surface area (Å²) in [4.78, 5) is 26.6. The minimum absolute atomic E-state index is 0.178. The van der Waals surface area contributed by atoms with Crippen LogP contribution in [0.15, 0.2) is 152 Å². The summed E-state index contributed by atoms with van der Waals surface area (Å²) in [6.45, 7) is 12.9. The molecule has 0 unspecified atom stereocenters. The summed E-state index contributed by atoms with van der Waals surface area (Å²) in [6.07, 6.45) is 5.45. The number of phenolic OH excluding ortho intramolecular Hbond substituents is 1. The van der Waals surface area contributed by atoms with Crippen LogP contribution in [0.5, 0.6) is 5.75 Å². The molecular formula is C49H44N6O. The molecule has 56 heavy (non-hydrogen) atoms. The Bertz CT molecular complexity index is 2680. The van der Waals surface area contributed by atoms with E-state index in [0.29, 0.717) is 23.0 Å². The third kappa shape index (κ3) is 7.23. The van der Waals surface area contributed by atoms with Crippen LogP contribution < -0.4 is 4.90 Å². The van der Waals surface area contributed by atoms with Gasteiger partial charge in [-0.2, -0.15) is 0 Å². The molecule has 3 aromatic heterocycles. The highest BCUT2D eigenvalue weighted by molar-refractivity contribution is 5.99. The first kappa shape index (κ1) is 36.3. The van der Waals surface area contributed by atoms with Crippen molar-refractivity contribution in [3.05, 3.63) is 163 Å². The Hall–Kier alpha value is -6.73. The van der Waals surface area contributed by atoms with Crippen molar-refractivity contribution < 1.29 is 5.11 Å². The van der Waals surface area contributed by atoms with Gasteiger partial charge in [-0.15, -0.1) is 0 Å². The van der Waals surface area contributed by atoms with Crippen LogP contribution in [0, 0.1) is 0 Å². The van der Waals surface area contributed by atoms with Gasteiger partial charge < -0.3 is 5.11 Å². The molecule has 0 saturated carbocycles. The first-order chi connectivity index (χ1) is 26.9. The fourth-order valence-corrected chi connectivity index (χ4v) is 7.00. The minimum atomic E-state index is -0.319. The third-order valence-electron chi connectivity index (χ3n) is 10.1. The summed E-state index contributed by atoms with van der Waals surface area (Å²) in [5.41, 5.74) is 7.61. The van der Waals surface area contributed by atoms with Crippen LogP contribution in [0.4, 0.5) is 17.2 Å². The predicted octanol–water partition coefficient (Wildman–Crippen LogP) is 12.3. The average Bonchev–Trinajstić information content (AvgIpc) is 3.21. The molecule has 276 valence electrons. The highest BCUT2D eigenvalue weighted by atomic mass is 16.3. The van der Waals surface area contributed by atoms with E-state index in [1.165, 1.54) is 0 Å². The van der Waals surface area contributed by atoms with Crippen LogP contribution in [0.25, 0.3) is 56.1 Å². The molecule has 7 nitrogen and oxygen atoms in total. The van der Waals surface area contributed by atoms with Gasteiger partial charge in [-0.1, -0.05) is 126 Å². The van der Waals surface area contributed by atoms with Crippen molar-refractivity contribution in [2.45, 2.75) is 52.4 Å². The minimum Gasteiger partial charge on any atom is -0.507 e. The highest BCUT2D eigenvalue weighted by Gasteiger charge is 2.27. The molecule has 0 bridgehead atoms. The zero-order valence-electron chi connectivity index (χ0n) is 32.6. The number of benzene rings is 5. The number of fused-ring (bicyclic) bond motifs is 1. The number of pyridine rings is 2. The van der Waals surface area contributed by atoms with Crippen LogP contribution in [-0.4, -0.2) is 30.0 Å². The lowest BCUT2D eigenvalue weighted by Gasteiger charge is -2.27. The fourth-order valence-electron chi connectivity index (χ4n) is 7.00. The molecular weight excluding hydrogens is 689 g/mol. The second-order valence-corrected chi connectivity index (χ2v) is 16.1. The van der Waals surface area contributed by atoms with Gasteiger partial charge >= 0.3 is 0 Å². The molecule has 3 heterocycles. The molecule has 7 heteroatoms.